The highest BCUT2D eigenvalue weighted by Crippen LogP contribution is 2.31. The van der Waals surface area contributed by atoms with E-state index in [-0.39, 0.29) is 0 Å². The van der Waals surface area contributed by atoms with Crippen LogP contribution in [-0.2, 0) is 13.5 Å². The molecule has 162 valence electrons. The predicted octanol–water partition coefficient (Wildman–Crippen LogP) is 4.86. The molecule has 1 aromatic heterocycles. The third-order valence-electron chi connectivity index (χ3n) is 5.41. The largest absolute Gasteiger partial charge is 0.325 e. The summed E-state index contributed by atoms with van der Waals surface area (Å²) in [7, 11) is 1.89. The number of rotatable bonds is 4. The van der Waals surface area contributed by atoms with Gasteiger partial charge in [-0.25, -0.2) is 9.98 Å². The molecule has 0 bridgehead atoms. The van der Waals surface area contributed by atoms with E-state index in [1.165, 1.54) is 24.0 Å². The van der Waals surface area contributed by atoms with Gasteiger partial charge in [-0.05, 0) is 79.5 Å². The zero-order valence-electron chi connectivity index (χ0n) is 19.2. The molecule has 5 nitrogen and oxygen atoms in total. The first-order valence-corrected chi connectivity index (χ1v) is 10.5. The van der Waals surface area contributed by atoms with Gasteiger partial charge in [0.15, 0.2) is 0 Å². The summed E-state index contributed by atoms with van der Waals surface area (Å²) < 4.78 is 1.87. The van der Waals surface area contributed by atoms with E-state index in [4.69, 9.17) is 11.0 Å². The Morgan fingerprint density at radius 3 is 2.55 bits per heavy atom. The number of nitriles is 1. The van der Waals surface area contributed by atoms with Crippen LogP contribution in [0.25, 0.3) is 11.1 Å². The molecule has 1 aromatic carbocycles. The number of allylic oxidation sites excluding steroid dienone is 2. The molecule has 31 heavy (non-hydrogen) atoms. The molecular weight excluding hydrogens is 382 g/mol. The van der Waals surface area contributed by atoms with Crippen molar-refractivity contribution in [3.8, 4) is 6.07 Å². The molecule has 0 saturated carbocycles. The summed E-state index contributed by atoms with van der Waals surface area (Å²) in [5.41, 5.74) is 13.9. The lowest BCUT2D eigenvalue weighted by Gasteiger charge is -2.21. The molecule has 2 N–H and O–H groups in total. The minimum absolute atomic E-state index is 0.307. The van der Waals surface area contributed by atoms with Crippen molar-refractivity contribution in [1.82, 2.24) is 9.55 Å². The first-order valence-electron chi connectivity index (χ1n) is 10.5. The van der Waals surface area contributed by atoms with Gasteiger partial charge in [-0.2, -0.15) is 5.26 Å². The molecule has 1 atom stereocenters. The summed E-state index contributed by atoms with van der Waals surface area (Å²) in [6, 6.07) is 10.2. The maximum Gasteiger partial charge on any atom is 0.230 e. The lowest BCUT2D eigenvalue weighted by Crippen LogP contribution is -2.26. The van der Waals surface area contributed by atoms with Gasteiger partial charge < -0.3 is 10.3 Å². The fraction of sp³-hybridized carbons (Fsp3) is 0.346. The van der Waals surface area contributed by atoms with E-state index in [9.17, 15) is 0 Å². The summed E-state index contributed by atoms with van der Waals surface area (Å²) in [6.45, 7) is 18.1. The fourth-order valence-electron chi connectivity index (χ4n) is 3.59. The van der Waals surface area contributed by atoms with Crippen molar-refractivity contribution < 1.29 is 0 Å². The Balaban J connectivity index is 0.000000231. The highest BCUT2D eigenvalue weighted by atomic mass is 15.1. The molecule has 1 heterocycles. The van der Waals surface area contributed by atoms with Crippen molar-refractivity contribution in [1.29, 1.82) is 5.26 Å². The zero-order chi connectivity index (χ0) is 23.1. The van der Waals surface area contributed by atoms with Gasteiger partial charge >= 0.3 is 0 Å². The topological polar surface area (TPSA) is 80.0 Å². The van der Waals surface area contributed by atoms with Crippen molar-refractivity contribution in [2.45, 2.75) is 46.0 Å². The van der Waals surface area contributed by atoms with E-state index >= 15 is 0 Å². The molecule has 1 aliphatic rings. The first kappa shape index (κ1) is 24.0. The van der Waals surface area contributed by atoms with Crippen LogP contribution < -0.4 is 11.4 Å². The Hall–Kier alpha value is -3.23. The summed E-state index contributed by atoms with van der Waals surface area (Å²) in [6.07, 6.45) is 3.71. The Morgan fingerprint density at radius 1 is 1.26 bits per heavy atom. The molecule has 0 amide bonds. The van der Waals surface area contributed by atoms with Crippen LogP contribution in [0.2, 0.25) is 0 Å². The number of benzene rings is 1. The smallest absolute Gasteiger partial charge is 0.230 e. The van der Waals surface area contributed by atoms with E-state index in [2.05, 4.69) is 48.8 Å². The Labute approximate surface area is 186 Å². The number of aryl methyl sites for hydroxylation is 1. The molecule has 0 saturated heterocycles. The molecule has 2 aromatic rings. The quantitative estimate of drug-likeness (QED) is 0.774. The molecule has 0 aliphatic heterocycles. The Kier molecular flexibility index (Phi) is 8.30. The lowest BCUT2D eigenvalue weighted by atomic mass is 9.83. The van der Waals surface area contributed by atoms with Crippen LogP contribution in [0.1, 0.15) is 67.6 Å². The average molecular weight is 416 g/mol. The first-order chi connectivity index (χ1) is 14.7. The minimum Gasteiger partial charge on any atom is -0.325 e. The van der Waals surface area contributed by atoms with Gasteiger partial charge in [0.1, 0.15) is 0 Å². The van der Waals surface area contributed by atoms with Crippen molar-refractivity contribution >= 4 is 11.1 Å². The van der Waals surface area contributed by atoms with Crippen LogP contribution >= 0.6 is 0 Å². The van der Waals surface area contributed by atoms with E-state index in [1.807, 2.05) is 43.7 Å². The highest BCUT2D eigenvalue weighted by Gasteiger charge is 2.15. The molecule has 0 unspecified atom stereocenters. The normalized spacial score (nSPS) is 15.2. The highest BCUT2D eigenvalue weighted by molar-refractivity contribution is 5.64. The summed E-state index contributed by atoms with van der Waals surface area (Å²) >= 11 is 0. The van der Waals surface area contributed by atoms with Gasteiger partial charge in [0.05, 0.1) is 23.0 Å². The van der Waals surface area contributed by atoms with E-state index in [1.54, 1.807) is 0 Å². The van der Waals surface area contributed by atoms with Crippen LogP contribution in [0.4, 0.5) is 0 Å². The molecule has 0 spiro atoms. The second-order valence-electron chi connectivity index (χ2n) is 8.15. The molecule has 5 heteroatoms. The number of hydrogen-bond acceptors (Lipinski definition) is 4. The SMILES string of the molecule is C=C(CN)N=c1nc(C(=C)C)cc(C(=C)C)n1C.C[C@H]1CCCc2cc(C#N)ccc21. The predicted molar refractivity (Wildman–Crippen MR) is 129 cm³/mol. The van der Waals surface area contributed by atoms with Crippen molar-refractivity contribution in [2.75, 3.05) is 6.54 Å². The van der Waals surface area contributed by atoms with E-state index in [0.29, 0.717) is 23.8 Å². The van der Waals surface area contributed by atoms with Gasteiger partial charge in [-0.1, -0.05) is 32.7 Å². The van der Waals surface area contributed by atoms with E-state index in [0.717, 1.165) is 34.5 Å². The summed E-state index contributed by atoms with van der Waals surface area (Å²) in [5.74, 6) is 0.677. The van der Waals surface area contributed by atoms with Gasteiger partial charge in [0, 0.05) is 19.3 Å². The molecule has 1 aliphatic carbocycles. The third-order valence-corrected chi connectivity index (χ3v) is 5.41. The average Bonchev–Trinajstić information content (AvgIpc) is 2.75. The van der Waals surface area contributed by atoms with Crippen molar-refractivity contribution in [3.05, 3.63) is 83.4 Å². The molecule has 3 rings (SSSR count). The fourth-order valence-corrected chi connectivity index (χ4v) is 3.59. The van der Waals surface area contributed by atoms with Crippen LogP contribution in [0.5, 0.6) is 0 Å². The van der Waals surface area contributed by atoms with Crippen LogP contribution in [0.15, 0.2) is 54.7 Å². The van der Waals surface area contributed by atoms with Crippen molar-refractivity contribution in [3.63, 3.8) is 0 Å². The third kappa shape index (κ3) is 6.13. The number of fused-ring (bicyclic) bond motifs is 1. The lowest BCUT2D eigenvalue weighted by molar-refractivity contribution is 0.590. The second-order valence-corrected chi connectivity index (χ2v) is 8.15. The van der Waals surface area contributed by atoms with Gasteiger partial charge in [0.25, 0.3) is 0 Å². The zero-order valence-corrected chi connectivity index (χ0v) is 19.2. The van der Waals surface area contributed by atoms with Crippen LogP contribution in [0.3, 0.4) is 0 Å². The summed E-state index contributed by atoms with van der Waals surface area (Å²) in [4.78, 5) is 8.76. The van der Waals surface area contributed by atoms with Crippen molar-refractivity contribution in [2.24, 2.45) is 17.8 Å². The number of hydrogen-bond donors (Lipinski definition) is 1. The van der Waals surface area contributed by atoms with E-state index < -0.39 is 0 Å². The Morgan fingerprint density at radius 2 is 1.97 bits per heavy atom. The summed E-state index contributed by atoms with van der Waals surface area (Å²) in [5, 5.41) is 8.76. The standard InChI is InChI=1S/C14H20N4.C12H13N/c1-9(2)12-7-13(10(3)4)18(6)14(17-12)16-11(5)8-15;1-9-3-2-4-11-7-10(8-13)5-6-12(9)11/h7H,1,3,5,8,15H2,2,4,6H3;5-7,9H,2-4H2,1H3/t;9-/m.0/s1. The van der Waals surface area contributed by atoms with Crippen LogP contribution in [0, 0.1) is 11.3 Å². The monoisotopic (exact) mass is 415 g/mol. The van der Waals surface area contributed by atoms with Crippen LogP contribution in [-0.4, -0.2) is 16.1 Å². The second kappa shape index (κ2) is 10.7. The number of aromatic nitrogens is 2. The maximum atomic E-state index is 8.76. The minimum atomic E-state index is 0.307. The van der Waals surface area contributed by atoms with Gasteiger partial charge in [-0.3, -0.25) is 0 Å². The number of nitrogens with two attached hydrogens (primary N) is 1. The van der Waals surface area contributed by atoms with Gasteiger partial charge in [-0.15, -0.1) is 0 Å². The molecule has 0 fully saturated rings. The van der Waals surface area contributed by atoms with Gasteiger partial charge in [0.2, 0.25) is 5.62 Å². The molecule has 0 radical (unpaired) electrons. The number of nitrogens with zero attached hydrogens (tertiary/aromatic N) is 4. The maximum absolute atomic E-state index is 8.76. The molecular formula is C26H33N5. The Bertz CT molecular complexity index is 1110.